The van der Waals surface area contributed by atoms with Gasteiger partial charge in [-0.25, -0.2) is 0 Å². The summed E-state index contributed by atoms with van der Waals surface area (Å²) in [6.45, 7) is 2.10. The summed E-state index contributed by atoms with van der Waals surface area (Å²) in [5, 5.41) is 9.04. The van der Waals surface area contributed by atoms with Gasteiger partial charge in [-0.2, -0.15) is 0 Å². The Morgan fingerprint density at radius 2 is 2.17 bits per heavy atom. The Bertz CT molecular complexity index is 429. The SMILES string of the molecule is CCc1ccc(OC2CCC(N)(C(=O)O)C2)cc1. The Morgan fingerprint density at radius 1 is 1.50 bits per heavy atom. The fraction of sp³-hybridized carbons (Fsp3) is 0.500. The molecule has 1 fully saturated rings. The first kappa shape index (κ1) is 12.9. The van der Waals surface area contributed by atoms with Crippen molar-refractivity contribution in [1.29, 1.82) is 0 Å². The number of rotatable bonds is 4. The van der Waals surface area contributed by atoms with Crippen molar-refractivity contribution in [2.75, 3.05) is 0 Å². The first-order chi connectivity index (χ1) is 8.53. The highest BCUT2D eigenvalue weighted by Gasteiger charge is 2.43. The first-order valence-corrected chi connectivity index (χ1v) is 6.31. The van der Waals surface area contributed by atoms with Gasteiger partial charge in [-0.3, -0.25) is 4.79 Å². The van der Waals surface area contributed by atoms with Crippen LogP contribution >= 0.6 is 0 Å². The number of carbonyl (C=O) groups is 1. The molecule has 3 N–H and O–H groups in total. The predicted octanol–water partition coefficient (Wildman–Crippen LogP) is 1.96. The summed E-state index contributed by atoms with van der Waals surface area (Å²) in [5.74, 6) is -0.151. The van der Waals surface area contributed by atoms with Crippen molar-refractivity contribution in [2.24, 2.45) is 5.73 Å². The van der Waals surface area contributed by atoms with E-state index in [1.165, 1.54) is 5.56 Å². The van der Waals surface area contributed by atoms with E-state index in [0.29, 0.717) is 19.3 Å². The largest absolute Gasteiger partial charge is 0.490 e. The minimum Gasteiger partial charge on any atom is -0.490 e. The van der Waals surface area contributed by atoms with Gasteiger partial charge in [0, 0.05) is 6.42 Å². The van der Waals surface area contributed by atoms with Crippen LogP contribution in [0.5, 0.6) is 5.75 Å². The predicted molar refractivity (Wildman–Crippen MR) is 68.6 cm³/mol. The number of carboxylic acids is 1. The molecule has 2 unspecified atom stereocenters. The lowest BCUT2D eigenvalue weighted by molar-refractivity contribution is -0.143. The van der Waals surface area contributed by atoms with Gasteiger partial charge in [0.05, 0.1) is 0 Å². The van der Waals surface area contributed by atoms with Crippen LogP contribution < -0.4 is 10.5 Å². The molecule has 0 bridgehead atoms. The molecule has 0 radical (unpaired) electrons. The molecule has 1 saturated carbocycles. The number of carboxylic acid groups (broad SMARTS) is 1. The quantitative estimate of drug-likeness (QED) is 0.855. The number of hydrogen-bond donors (Lipinski definition) is 2. The van der Waals surface area contributed by atoms with Crippen molar-refractivity contribution in [2.45, 2.75) is 44.2 Å². The summed E-state index contributed by atoms with van der Waals surface area (Å²) in [6, 6.07) is 7.90. The van der Waals surface area contributed by atoms with E-state index < -0.39 is 11.5 Å². The summed E-state index contributed by atoms with van der Waals surface area (Å²) < 4.78 is 5.78. The maximum Gasteiger partial charge on any atom is 0.323 e. The van der Waals surface area contributed by atoms with E-state index in [1.54, 1.807) is 0 Å². The van der Waals surface area contributed by atoms with Crippen molar-refractivity contribution in [3.8, 4) is 5.75 Å². The molecule has 2 rings (SSSR count). The average molecular weight is 249 g/mol. The van der Waals surface area contributed by atoms with Crippen LogP contribution in [0.15, 0.2) is 24.3 Å². The molecule has 0 amide bonds. The van der Waals surface area contributed by atoms with E-state index >= 15 is 0 Å². The second-order valence-corrected chi connectivity index (χ2v) is 4.94. The maximum atomic E-state index is 11.0. The van der Waals surface area contributed by atoms with E-state index in [1.807, 2.05) is 24.3 Å². The summed E-state index contributed by atoms with van der Waals surface area (Å²) in [7, 11) is 0. The standard InChI is InChI=1S/C14H19NO3/c1-2-10-3-5-11(6-4-10)18-12-7-8-14(15,9-12)13(16)17/h3-6,12H,2,7-9,15H2,1H3,(H,16,17). The van der Waals surface area contributed by atoms with Crippen LogP contribution in [0.4, 0.5) is 0 Å². The zero-order valence-electron chi connectivity index (χ0n) is 10.6. The minimum absolute atomic E-state index is 0.0985. The third kappa shape index (κ3) is 2.64. The van der Waals surface area contributed by atoms with Gasteiger partial charge in [0.25, 0.3) is 0 Å². The molecule has 18 heavy (non-hydrogen) atoms. The van der Waals surface area contributed by atoms with Crippen LogP contribution in [0.3, 0.4) is 0 Å². The molecule has 2 atom stereocenters. The molecule has 4 nitrogen and oxygen atoms in total. The summed E-state index contributed by atoms with van der Waals surface area (Å²) >= 11 is 0. The zero-order valence-corrected chi connectivity index (χ0v) is 10.6. The third-order valence-corrected chi connectivity index (χ3v) is 3.56. The molecule has 1 aliphatic rings. The number of benzene rings is 1. The highest BCUT2D eigenvalue weighted by Crippen LogP contribution is 2.31. The van der Waals surface area contributed by atoms with E-state index in [0.717, 1.165) is 12.2 Å². The van der Waals surface area contributed by atoms with Gasteiger partial charge in [-0.1, -0.05) is 19.1 Å². The van der Waals surface area contributed by atoms with Gasteiger partial charge in [0.1, 0.15) is 17.4 Å². The van der Waals surface area contributed by atoms with Crippen LogP contribution in [0, 0.1) is 0 Å². The molecule has 0 spiro atoms. The van der Waals surface area contributed by atoms with Crippen molar-refractivity contribution in [3.05, 3.63) is 29.8 Å². The zero-order chi connectivity index (χ0) is 13.2. The lowest BCUT2D eigenvalue weighted by Gasteiger charge is -2.18. The molecule has 1 aromatic rings. The van der Waals surface area contributed by atoms with Crippen LogP contribution in [-0.2, 0) is 11.2 Å². The molecule has 4 heteroatoms. The van der Waals surface area contributed by atoms with Crippen LogP contribution in [0.25, 0.3) is 0 Å². The summed E-state index contributed by atoms with van der Waals surface area (Å²) in [6.07, 6.45) is 2.43. The molecule has 0 saturated heterocycles. The highest BCUT2D eigenvalue weighted by atomic mass is 16.5. The number of aliphatic carboxylic acids is 1. The van der Waals surface area contributed by atoms with Crippen LogP contribution in [-0.4, -0.2) is 22.7 Å². The number of nitrogens with two attached hydrogens (primary N) is 1. The molecule has 1 aliphatic carbocycles. The van der Waals surface area contributed by atoms with Gasteiger partial charge >= 0.3 is 5.97 Å². The van der Waals surface area contributed by atoms with Crippen molar-refractivity contribution in [1.82, 2.24) is 0 Å². The maximum absolute atomic E-state index is 11.0. The fourth-order valence-electron chi connectivity index (χ4n) is 2.32. The highest BCUT2D eigenvalue weighted by molar-refractivity contribution is 5.79. The average Bonchev–Trinajstić information content (AvgIpc) is 2.73. The third-order valence-electron chi connectivity index (χ3n) is 3.56. The Labute approximate surface area is 107 Å². The molecule has 0 aliphatic heterocycles. The van der Waals surface area contributed by atoms with Gasteiger partial charge in [-0.05, 0) is 37.0 Å². The topological polar surface area (TPSA) is 72.5 Å². The molecule has 98 valence electrons. The second kappa shape index (κ2) is 4.98. The number of ether oxygens (including phenoxy) is 1. The Morgan fingerprint density at radius 3 is 2.67 bits per heavy atom. The smallest absolute Gasteiger partial charge is 0.323 e. The summed E-state index contributed by atoms with van der Waals surface area (Å²) in [4.78, 5) is 11.0. The van der Waals surface area contributed by atoms with Crippen molar-refractivity contribution in [3.63, 3.8) is 0 Å². The number of aryl methyl sites for hydroxylation is 1. The normalized spacial score (nSPS) is 27.1. The van der Waals surface area contributed by atoms with Gasteiger partial charge in [0.2, 0.25) is 0 Å². The Balaban J connectivity index is 1.97. The van der Waals surface area contributed by atoms with E-state index in [2.05, 4.69) is 6.92 Å². The Kier molecular flexibility index (Phi) is 3.57. The second-order valence-electron chi connectivity index (χ2n) is 4.94. The van der Waals surface area contributed by atoms with Crippen molar-refractivity contribution < 1.29 is 14.6 Å². The molecular weight excluding hydrogens is 230 g/mol. The van der Waals surface area contributed by atoms with E-state index in [9.17, 15) is 4.79 Å². The van der Waals surface area contributed by atoms with Crippen LogP contribution in [0.2, 0.25) is 0 Å². The van der Waals surface area contributed by atoms with E-state index in [4.69, 9.17) is 15.6 Å². The minimum atomic E-state index is -1.12. The number of hydrogen-bond acceptors (Lipinski definition) is 3. The Hall–Kier alpha value is -1.55. The lowest BCUT2D eigenvalue weighted by atomic mass is 10.00. The van der Waals surface area contributed by atoms with Gasteiger partial charge in [-0.15, -0.1) is 0 Å². The first-order valence-electron chi connectivity index (χ1n) is 6.31. The fourth-order valence-corrected chi connectivity index (χ4v) is 2.32. The van der Waals surface area contributed by atoms with E-state index in [-0.39, 0.29) is 6.10 Å². The van der Waals surface area contributed by atoms with Gasteiger partial charge in [0.15, 0.2) is 0 Å². The molecule has 1 aromatic carbocycles. The summed E-state index contributed by atoms with van der Waals surface area (Å²) in [5.41, 5.74) is 5.95. The van der Waals surface area contributed by atoms with Crippen LogP contribution in [0.1, 0.15) is 31.7 Å². The lowest BCUT2D eigenvalue weighted by Crippen LogP contribution is -2.46. The van der Waals surface area contributed by atoms with Crippen molar-refractivity contribution >= 4 is 5.97 Å². The van der Waals surface area contributed by atoms with Gasteiger partial charge < -0.3 is 15.6 Å². The monoisotopic (exact) mass is 249 g/mol. The molecule has 0 heterocycles. The molecular formula is C14H19NO3. The molecule has 0 aromatic heterocycles.